The zero-order valence-corrected chi connectivity index (χ0v) is 23.3. The van der Waals surface area contributed by atoms with Gasteiger partial charge in [0, 0.05) is 24.6 Å². The second-order valence-electron chi connectivity index (χ2n) is 8.08. The molecule has 0 saturated carbocycles. The number of ether oxygens (including phenoxy) is 4. The Morgan fingerprint density at radius 1 is 0.667 bits per heavy atom. The lowest BCUT2D eigenvalue weighted by molar-refractivity contribution is 0.310. The molecule has 0 aliphatic heterocycles. The fourth-order valence-corrected chi connectivity index (χ4v) is 4.92. The third kappa shape index (κ3) is 11.0. The standard InChI is InChI=1S/2C12H19NO4S/c2*1-4-17-12-7-9(5-6-11(12)16-2)10(13)8-18(3,14)15/h2*5-7,10H,4,8,13H2,1-3H3/t10-;/m1./s1/i2*13+1. The third-order valence-electron chi connectivity index (χ3n) is 4.80. The molecule has 0 saturated heterocycles. The van der Waals surface area contributed by atoms with Crippen LogP contribution in [0.1, 0.15) is 37.1 Å². The maximum Gasteiger partial charge on any atom is 0.161 e. The van der Waals surface area contributed by atoms with Gasteiger partial charge in [0.05, 0.1) is 38.9 Å². The summed E-state index contributed by atoms with van der Waals surface area (Å²) in [5.41, 5.74) is 13.1. The molecule has 0 aliphatic carbocycles. The molecule has 2 atom stereocenters. The van der Waals surface area contributed by atoms with E-state index in [1.54, 1.807) is 50.6 Å². The molecule has 2 aromatic rings. The number of sulfone groups is 2. The van der Waals surface area contributed by atoms with Crippen LogP contribution in [0.25, 0.3) is 0 Å². The number of hydrogen-bond donors (Lipinski definition) is 2. The van der Waals surface area contributed by atoms with E-state index in [9.17, 15) is 16.8 Å². The molecule has 0 spiro atoms. The van der Waals surface area contributed by atoms with Crippen molar-refractivity contribution in [3.05, 3.63) is 47.5 Å². The van der Waals surface area contributed by atoms with E-state index in [0.717, 1.165) is 0 Å². The molecule has 10 nitrogen and oxygen atoms in total. The largest absolute Gasteiger partial charge is 0.493 e. The molecular formula is C24H38N2O8S2. The number of nitrogens with two attached hydrogens (primary N) is 2. The molecule has 204 valence electrons. The van der Waals surface area contributed by atoms with Gasteiger partial charge in [-0.15, -0.1) is 0 Å². The van der Waals surface area contributed by atoms with Gasteiger partial charge in [0.1, 0.15) is 19.7 Å². The van der Waals surface area contributed by atoms with E-state index in [1.165, 1.54) is 12.5 Å². The molecule has 0 heterocycles. The van der Waals surface area contributed by atoms with E-state index in [2.05, 4.69) is 0 Å². The Bertz CT molecular complexity index is 1090. The van der Waals surface area contributed by atoms with Crippen molar-refractivity contribution in [1.29, 1.82) is 0 Å². The first kappa shape index (κ1) is 31.5. The van der Waals surface area contributed by atoms with Crippen molar-refractivity contribution in [2.45, 2.75) is 25.9 Å². The highest BCUT2D eigenvalue weighted by Gasteiger charge is 2.16. The Morgan fingerprint density at radius 2 is 1.00 bits per heavy atom. The minimum Gasteiger partial charge on any atom is -0.493 e. The van der Waals surface area contributed by atoms with Crippen LogP contribution in [0.5, 0.6) is 23.0 Å². The molecule has 4 N–H and O–H groups in total. The molecule has 12 heteroatoms. The maximum absolute atomic E-state index is 11.2. The SMILES string of the molecule is CCOc1cc(C([15NH2])CS(C)(=O)=O)ccc1OC.CCOc1cc([C@H]([15NH2])CS(C)(=O)=O)ccc1OC. The van der Waals surface area contributed by atoms with Crippen molar-refractivity contribution < 1.29 is 35.8 Å². The molecule has 2 rings (SSSR count). The van der Waals surface area contributed by atoms with Crippen molar-refractivity contribution in [3.63, 3.8) is 0 Å². The van der Waals surface area contributed by atoms with Crippen molar-refractivity contribution in [1.82, 2.24) is 0 Å². The van der Waals surface area contributed by atoms with Gasteiger partial charge >= 0.3 is 0 Å². The Labute approximate surface area is 214 Å². The lowest BCUT2D eigenvalue weighted by Gasteiger charge is -2.15. The van der Waals surface area contributed by atoms with Crippen molar-refractivity contribution in [2.75, 3.05) is 51.5 Å². The van der Waals surface area contributed by atoms with Gasteiger partial charge in [-0.25, -0.2) is 16.8 Å². The van der Waals surface area contributed by atoms with Crippen LogP contribution in [0.4, 0.5) is 0 Å². The predicted octanol–water partition coefficient (Wildman–Crippen LogP) is 2.28. The van der Waals surface area contributed by atoms with Crippen LogP contribution in [0, 0.1) is 0 Å². The number of methoxy groups -OCH3 is 2. The van der Waals surface area contributed by atoms with E-state index in [4.69, 9.17) is 30.4 Å². The number of rotatable bonds is 12. The van der Waals surface area contributed by atoms with Gasteiger partial charge in [0.15, 0.2) is 23.0 Å². The van der Waals surface area contributed by atoms with Crippen molar-refractivity contribution in [3.8, 4) is 23.0 Å². The van der Waals surface area contributed by atoms with Crippen LogP contribution in [0.15, 0.2) is 36.4 Å². The fourth-order valence-electron chi connectivity index (χ4n) is 3.23. The van der Waals surface area contributed by atoms with Crippen molar-refractivity contribution >= 4 is 19.7 Å². The fraction of sp³-hybridized carbons (Fsp3) is 0.500. The topological polar surface area (TPSA) is 157 Å². The molecule has 0 aromatic heterocycles. The summed E-state index contributed by atoms with van der Waals surface area (Å²) in [4.78, 5) is 0. The van der Waals surface area contributed by atoms with E-state index < -0.39 is 31.8 Å². The summed E-state index contributed by atoms with van der Waals surface area (Å²) in [6, 6.07) is 9.26. The molecule has 36 heavy (non-hydrogen) atoms. The highest BCUT2D eigenvalue weighted by Crippen LogP contribution is 2.31. The Balaban J connectivity index is 0.000000360. The minimum absolute atomic E-state index is 0.0924. The van der Waals surface area contributed by atoms with Gasteiger partial charge in [-0.1, -0.05) is 12.1 Å². The summed E-state index contributed by atoms with van der Waals surface area (Å²) in [7, 11) is -3.12. The van der Waals surface area contributed by atoms with Crippen LogP contribution >= 0.6 is 0 Å². The van der Waals surface area contributed by atoms with Gasteiger partial charge in [-0.05, 0) is 49.2 Å². The predicted molar refractivity (Wildman–Crippen MR) is 142 cm³/mol. The van der Waals surface area contributed by atoms with E-state index in [0.29, 0.717) is 47.3 Å². The summed E-state index contributed by atoms with van der Waals surface area (Å²) in [5, 5.41) is 0. The van der Waals surface area contributed by atoms with Crippen LogP contribution in [-0.2, 0) is 19.7 Å². The van der Waals surface area contributed by atoms with Crippen LogP contribution in [-0.4, -0.2) is 68.3 Å². The monoisotopic (exact) mass is 548 g/mol. The Hall–Kier alpha value is -2.54. The zero-order chi connectivity index (χ0) is 27.5. The molecule has 1 unspecified atom stereocenters. The summed E-state index contributed by atoms with van der Waals surface area (Å²) < 4.78 is 66.0. The Kier molecular flexibility index (Phi) is 12.5. The molecular weight excluding hydrogens is 510 g/mol. The molecule has 0 aliphatic rings. The maximum atomic E-state index is 11.2. The molecule has 0 fully saturated rings. The smallest absolute Gasteiger partial charge is 0.161 e. The van der Waals surface area contributed by atoms with Gasteiger partial charge < -0.3 is 30.4 Å². The molecule has 0 bridgehead atoms. The third-order valence-corrected chi connectivity index (χ3v) is 6.73. The minimum atomic E-state index is -3.11. The zero-order valence-electron chi connectivity index (χ0n) is 21.7. The lowest BCUT2D eigenvalue weighted by Crippen LogP contribution is -2.20. The van der Waals surface area contributed by atoms with Crippen LogP contribution < -0.4 is 30.4 Å². The second-order valence-corrected chi connectivity index (χ2v) is 12.5. The summed E-state index contributed by atoms with van der Waals surface area (Å²) >= 11 is 0. The normalized spacial score (nSPS) is 13.1. The summed E-state index contributed by atoms with van der Waals surface area (Å²) in [6.45, 7) is 4.73. The summed E-state index contributed by atoms with van der Waals surface area (Å²) in [5.74, 6) is 2.16. The van der Waals surface area contributed by atoms with Crippen molar-refractivity contribution in [2.24, 2.45) is 11.5 Å². The average molecular weight is 549 g/mol. The van der Waals surface area contributed by atoms with E-state index in [-0.39, 0.29) is 11.5 Å². The summed E-state index contributed by atoms with van der Waals surface area (Å²) in [6.07, 6.45) is 2.33. The highest BCUT2D eigenvalue weighted by molar-refractivity contribution is 7.90. The molecule has 0 radical (unpaired) electrons. The van der Waals surface area contributed by atoms with Gasteiger partial charge in [0.25, 0.3) is 0 Å². The highest BCUT2D eigenvalue weighted by atomic mass is 32.2. The van der Waals surface area contributed by atoms with Gasteiger partial charge in [-0.3, -0.25) is 0 Å². The average Bonchev–Trinajstić information content (AvgIpc) is 2.77. The first-order chi connectivity index (χ1) is 16.7. The lowest BCUT2D eigenvalue weighted by atomic mass is 10.1. The van der Waals surface area contributed by atoms with Gasteiger partial charge in [0.2, 0.25) is 0 Å². The molecule has 0 amide bonds. The second kappa shape index (κ2) is 14.3. The van der Waals surface area contributed by atoms with E-state index in [1.807, 2.05) is 13.8 Å². The number of benzene rings is 2. The quantitative estimate of drug-likeness (QED) is 0.377. The number of hydrogen-bond acceptors (Lipinski definition) is 10. The molecule has 2 aromatic carbocycles. The van der Waals surface area contributed by atoms with E-state index >= 15 is 0 Å². The first-order valence-electron chi connectivity index (χ1n) is 11.2. The first-order valence-corrected chi connectivity index (χ1v) is 15.3. The van der Waals surface area contributed by atoms with Gasteiger partial charge in [-0.2, -0.15) is 0 Å². The Morgan fingerprint density at radius 3 is 1.25 bits per heavy atom. The van der Waals surface area contributed by atoms with Crippen LogP contribution in [0.3, 0.4) is 0 Å². The van der Waals surface area contributed by atoms with Crippen LogP contribution in [0.2, 0.25) is 0 Å².